The molecule has 0 N–H and O–H groups in total. The highest BCUT2D eigenvalue weighted by molar-refractivity contribution is 6.29. The van der Waals surface area contributed by atoms with Crippen molar-refractivity contribution in [2.75, 3.05) is 0 Å². The van der Waals surface area contributed by atoms with Crippen LogP contribution in [0.2, 0.25) is 0 Å². The topological polar surface area (TPSA) is 0 Å². The van der Waals surface area contributed by atoms with Gasteiger partial charge in [0, 0.05) is 0 Å². The SMILES string of the molecule is c1ccc(-c2cccc3c(-c4ccc5ccc6c(-c7cccc8ccccc78)ccc7ccc4c5c76)ccc(-c4ccccc4)c23)cc1. The van der Waals surface area contributed by atoms with Crippen LogP contribution in [0.25, 0.3) is 98.4 Å². The zero-order chi connectivity index (χ0) is 31.6. The van der Waals surface area contributed by atoms with E-state index in [-0.39, 0.29) is 0 Å². The number of hydrogen-bond acceptors (Lipinski definition) is 0. The van der Waals surface area contributed by atoms with Gasteiger partial charge in [-0.3, -0.25) is 0 Å². The van der Waals surface area contributed by atoms with Crippen molar-refractivity contribution in [3.05, 3.63) is 182 Å². The number of fused-ring (bicyclic) bond motifs is 2. The molecule has 0 aliphatic heterocycles. The Kier molecular flexibility index (Phi) is 5.98. The molecular formula is C48H30. The quantitative estimate of drug-likeness (QED) is 0.175. The van der Waals surface area contributed by atoms with E-state index >= 15 is 0 Å². The van der Waals surface area contributed by atoms with E-state index in [1.54, 1.807) is 0 Å². The molecule has 48 heavy (non-hydrogen) atoms. The zero-order valence-corrected chi connectivity index (χ0v) is 26.3. The van der Waals surface area contributed by atoms with Crippen LogP contribution in [0.5, 0.6) is 0 Å². The van der Waals surface area contributed by atoms with Crippen molar-refractivity contribution < 1.29 is 0 Å². The summed E-state index contributed by atoms with van der Waals surface area (Å²) in [5.74, 6) is 0. The van der Waals surface area contributed by atoms with Crippen LogP contribution < -0.4 is 0 Å². The van der Waals surface area contributed by atoms with Crippen LogP contribution in [0, 0.1) is 0 Å². The van der Waals surface area contributed by atoms with Crippen molar-refractivity contribution in [2.45, 2.75) is 0 Å². The summed E-state index contributed by atoms with van der Waals surface area (Å²) in [4.78, 5) is 0. The summed E-state index contributed by atoms with van der Waals surface area (Å²) in [6.07, 6.45) is 0. The molecule has 10 aromatic carbocycles. The van der Waals surface area contributed by atoms with Gasteiger partial charge in [-0.1, -0.05) is 182 Å². The fraction of sp³-hybridized carbons (Fsp3) is 0. The van der Waals surface area contributed by atoms with E-state index in [1.165, 1.54) is 98.4 Å². The summed E-state index contributed by atoms with van der Waals surface area (Å²) in [5.41, 5.74) is 10.1. The second kappa shape index (κ2) is 10.7. The molecule has 0 amide bonds. The highest BCUT2D eigenvalue weighted by Crippen LogP contribution is 2.46. The molecule has 0 heteroatoms. The lowest BCUT2D eigenvalue weighted by Gasteiger charge is -2.19. The van der Waals surface area contributed by atoms with Crippen molar-refractivity contribution in [2.24, 2.45) is 0 Å². The Morgan fingerprint density at radius 1 is 0.188 bits per heavy atom. The second-order valence-electron chi connectivity index (χ2n) is 12.8. The lowest BCUT2D eigenvalue weighted by atomic mass is 9.84. The first-order valence-corrected chi connectivity index (χ1v) is 16.7. The molecule has 0 bridgehead atoms. The minimum Gasteiger partial charge on any atom is -0.0622 e. The van der Waals surface area contributed by atoms with Crippen LogP contribution >= 0.6 is 0 Å². The monoisotopic (exact) mass is 606 g/mol. The van der Waals surface area contributed by atoms with Crippen LogP contribution in [0.15, 0.2) is 182 Å². The zero-order valence-electron chi connectivity index (χ0n) is 26.3. The number of benzene rings is 10. The first-order valence-electron chi connectivity index (χ1n) is 16.7. The van der Waals surface area contributed by atoms with Crippen molar-refractivity contribution in [1.82, 2.24) is 0 Å². The molecule has 0 radical (unpaired) electrons. The summed E-state index contributed by atoms with van der Waals surface area (Å²) in [5, 5.41) is 12.9. The summed E-state index contributed by atoms with van der Waals surface area (Å²) < 4.78 is 0. The Morgan fingerprint density at radius 2 is 0.583 bits per heavy atom. The van der Waals surface area contributed by atoms with Crippen molar-refractivity contribution in [3.8, 4) is 44.5 Å². The minimum absolute atomic E-state index is 1.23. The van der Waals surface area contributed by atoms with Gasteiger partial charge in [-0.15, -0.1) is 0 Å². The molecule has 0 spiro atoms. The first-order chi connectivity index (χ1) is 23.8. The van der Waals surface area contributed by atoms with Crippen molar-refractivity contribution in [1.29, 1.82) is 0 Å². The minimum atomic E-state index is 1.23. The van der Waals surface area contributed by atoms with Crippen molar-refractivity contribution >= 4 is 53.9 Å². The fourth-order valence-corrected chi connectivity index (χ4v) is 8.09. The van der Waals surface area contributed by atoms with E-state index in [2.05, 4.69) is 182 Å². The van der Waals surface area contributed by atoms with Gasteiger partial charge in [-0.05, 0) is 98.4 Å². The van der Waals surface area contributed by atoms with E-state index in [9.17, 15) is 0 Å². The molecule has 0 nitrogen and oxygen atoms in total. The number of rotatable bonds is 4. The predicted octanol–water partition coefficient (Wildman–Crippen LogP) is 13.6. The van der Waals surface area contributed by atoms with E-state index < -0.39 is 0 Å². The van der Waals surface area contributed by atoms with Gasteiger partial charge in [-0.25, -0.2) is 0 Å². The maximum atomic E-state index is 2.34. The van der Waals surface area contributed by atoms with Crippen LogP contribution in [-0.4, -0.2) is 0 Å². The third-order valence-electron chi connectivity index (χ3n) is 10.2. The highest BCUT2D eigenvalue weighted by atomic mass is 14.2. The van der Waals surface area contributed by atoms with Gasteiger partial charge < -0.3 is 0 Å². The molecule has 0 saturated carbocycles. The summed E-state index contributed by atoms with van der Waals surface area (Å²) >= 11 is 0. The largest absolute Gasteiger partial charge is 0.0622 e. The molecule has 0 aliphatic rings. The average Bonchev–Trinajstić information content (AvgIpc) is 3.17. The third kappa shape index (κ3) is 4.03. The van der Waals surface area contributed by atoms with Crippen LogP contribution in [0.4, 0.5) is 0 Å². The Hall–Kier alpha value is -6.24. The van der Waals surface area contributed by atoms with Crippen LogP contribution in [0.1, 0.15) is 0 Å². The molecule has 10 rings (SSSR count). The van der Waals surface area contributed by atoms with Gasteiger partial charge in [0.1, 0.15) is 0 Å². The van der Waals surface area contributed by atoms with Gasteiger partial charge in [0.2, 0.25) is 0 Å². The van der Waals surface area contributed by atoms with Gasteiger partial charge in [0.05, 0.1) is 0 Å². The molecule has 0 unspecified atom stereocenters. The lowest BCUT2D eigenvalue weighted by Crippen LogP contribution is -1.92. The third-order valence-corrected chi connectivity index (χ3v) is 10.2. The van der Waals surface area contributed by atoms with Gasteiger partial charge in [-0.2, -0.15) is 0 Å². The molecule has 0 saturated heterocycles. The molecule has 10 aromatic rings. The maximum absolute atomic E-state index is 2.34. The smallest absolute Gasteiger partial charge is 0.00203 e. The molecule has 0 atom stereocenters. The predicted molar refractivity (Wildman–Crippen MR) is 207 cm³/mol. The van der Waals surface area contributed by atoms with E-state index in [0.717, 1.165) is 0 Å². The standard InChI is InChI=1S/C48H30/c1-3-11-32(12-4-1)37-18-10-20-43-42(30-29-38(48(37)43)33-13-5-2-6-14-33)41-26-22-35-23-27-44-40(25-21-34-24-28-45(41)47(35)46(34)44)39-19-9-16-31-15-7-8-17-36(31)39/h1-30H. The van der Waals surface area contributed by atoms with Gasteiger partial charge in [0.15, 0.2) is 0 Å². The van der Waals surface area contributed by atoms with E-state index in [0.29, 0.717) is 0 Å². The summed E-state index contributed by atoms with van der Waals surface area (Å²) in [7, 11) is 0. The number of hydrogen-bond donors (Lipinski definition) is 0. The van der Waals surface area contributed by atoms with Crippen LogP contribution in [0.3, 0.4) is 0 Å². The summed E-state index contributed by atoms with van der Waals surface area (Å²) in [6, 6.07) is 67.0. The molecule has 0 aliphatic carbocycles. The van der Waals surface area contributed by atoms with Gasteiger partial charge in [0.25, 0.3) is 0 Å². The molecular weight excluding hydrogens is 577 g/mol. The maximum Gasteiger partial charge on any atom is -0.00203 e. The van der Waals surface area contributed by atoms with Gasteiger partial charge >= 0.3 is 0 Å². The Morgan fingerprint density at radius 3 is 1.23 bits per heavy atom. The first kappa shape index (κ1) is 26.9. The Bertz CT molecular complexity index is 2760. The Labute approximate surface area is 279 Å². The van der Waals surface area contributed by atoms with E-state index in [1.807, 2.05) is 0 Å². The van der Waals surface area contributed by atoms with Crippen molar-refractivity contribution in [3.63, 3.8) is 0 Å². The summed E-state index contributed by atoms with van der Waals surface area (Å²) in [6.45, 7) is 0. The fourth-order valence-electron chi connectivity index (χ4n) is 8.09. The normalized spacial score (nSPS) is 11.8. The average molecular weight is 607 g/mol. The Balaban J connectivity index is 1.27. The highest BCUT2D eigenvalue weighted by Gasteiger charge is 2.19. The second-order valence-corrected chi connectivity index (χ2v) is 12.8. The lowest BCUT2D eigenvalue weighted by molar-refractivity contribution is 1.62. The molecule has 0 fully saturated rings. The van der Waals surface area contributed by atoms with Crippen LogP contribution in [-0.2, 0) is 0 Å². The molecule has 222 valence electrons. The van der Waals surface area contributed by atoms with E-state index in [4.69, 9.17) is 0 Å². The molecule has 0 aromatic heterocycles. The molecule has 0 heterocycles.